The third-order valence-electron chi connectivity index (χ3n) is 4.85. The van der Waals surface area contributed by atoms with Crippen molar-refractivity contribution in [3.63, 3.8) is 0 Å². The van der Waals surface area contributed by atoms with Gasteiger partial charge in [-0.15, -0.1) is 10.2 Å². The topological polar surface area (TPSA) is 80.5 Å². The van der Waals surface area contributed by atoms with Gasteiger partial charge in [-0.3, -0.25) is 4.98 Å². The number of aromatic amines is 1. The minimum atomic E-state index is 0.476. The summed E-state index contributed by atoms with van der Waals surface area (Å²) in [5.74, 6) is 1.80. The highest BCUT2D eigenvalue weighted by atomic mass is 16.4. The summed E-state index contributed by atoms with van der Waals surface area (Å²) in [4.78, 5) is 12.1. The van der Waals surface area contributed by atoms with E-state index in [-0.39, 0.29) is 0 Å². The fraction of sp³-hybridized carbons (Fsp3) is 0.0909. The van der Waals surface area contributed by atoms with Gasteiger partial charge in [0, 0.05) is 29.1 Å². The first-order valence-electron chi connectivity index (χ1n) is 8.99. The van der Waals surface area contributed by atoms with Gasteiger partial charge in [-0.25, -0.2) is 4.98 Å². The molecule has 0 saturated heterocycles. The van der Waals surface area contributed by atoms with Gasteiger partial charge >= 0.3 is 0 Å². The Kier molecular flexibility index (Phi) is 3.76. The van der Waals surface area contributed by atoms with E-state index < -0.39 is 0 Å². The number of pyridine rings is 1. The number of imidazole rings is 1. The van der Waals surface area contributed by atoms with E-state index in [4.69, 9.17) is 9.40 Å². The zero-order chi connectivity index (χ0) is 19.1. The first kappa shape index (κ1) is 16.4. The van der Waals surface area contributed by atoms with Crippen LogP contribution in [0.1, 0.15) is 11.1 Å². The van der Waals surface area contributed by atoms with Crippen LogP contribution in [0, 0.1) is 13.8 Å². The lowest BCUT2D eigenvalue weighted by Gasteiger charge is -1.98. The Hall–Kier alpha value is -3.80. The zero-order valence-electron chi connectivity index (χ0n) is 15.5. The van der Waals surface area contributed by atoms with E-state index in [0.717, 1.165) is 33.5 Å². The molecule has 2 aromatic carbocycles. The normalized spacial score (nSPS) is 11.2. The molecule has 0 unspecified atom stereocenters. The molecule has 3 heterocycles. The molecule has 6 nitrogen and oxygen atoms in total. The van der Waals surface area contributed by atoms with Crippen molar-refractivity contribution in [2.24, 2.45) is 0 Å². The molecular formula is C22H17N5O. The molecule has 28 heavy (non-hydrogen) atoms. The average molecular weight is 367 g/mol. The number of H-pyrrole nitrogens is 1. The lowest BCUT2D eigenvalue weighted by atomic mass is 10.1. The molecule has 3 aromatic heterocycles. The van der Waals surface area contributed by atoms with E-state index >= 15 is 0 Å². The Morgan fingerprint density at radius 2 is 1.36 bits per heavy atom. The van der Waals surface area contributed by atoms with E-state index in [1.807, 2.05) is 36.4 Å². The van der Waals surface area contributed by atoms with Crippen LogP contribution >= 0.6 is 0 Å². The van der Waals surface area contributed by atoms with E-state index in [1.165, 1.54) is 11.1 Å². The van der Waals surface area contributed by atoms with Crippen molar-refractivity contribution in [1.82, 2.24) is 25.1 Å². The predicted molar refractivity (Wildman–Crippen MR) is 108 cm³/mol. The molecule has 0 radical (unpaired) electrons. The Balaban J connectivity index is 1.45. The van der Waals surface area contributed by atoms with Gasteiger partial charge in [0.05, 0.1) is 11.0 Å². The standard InChI is InChI=1S/C22H17N5O/c1-13-11-18-19(12-14(13)2)25-20(24-18)15-3-5-16(6-4-15)21-26-27-22(28-21)17-7-9-23-10-8-17/h3-12H,1-2H3,(H,24,25). The van der Waals surface area contributed by atoms with Crippen LogP contribution in [0.2, 0.25) is 0 Å². The predicted octanol–water partition coefficient (Wildman–Crippen LogP) is 4.96. The van der Waals surface area contributed by atoms with Gasteiger partial charge in [-0.05, 0) is 61.4 Å². The Labute approximate surface area is 161 Å². The van der Waals surface area contributed by atoms with Crippen molar-refractivity contribution < 1.29 is 4.42 Å². The quantitative estimate of drug-likeness (QED) is 0.487. The molecule has 5 rings (SSSR count). The summed E-state index contributed by atoms with van der Waals surface area (Å²) in [6, 6.07) is 15.8. The Morgan fingerprint density at radius 3 is 2.07 bits per heavy atom. The summed E-state index contributed by atoms with van der Waals surface area (Å²) >= 11 is 0. The molecule has 1 N–H and O–H groups in total. The van der Waals surface area contributed by atoms with Gasteiger partial charge in [0.15, 0.2) is 0 Å². The molecule has 0 spiro atoms. The Morgan fingerprint density at radius 1 is 0.750 bits per heavy atom. The number of nitrogens with zero attached hydrogens (tertiary/aromatic N) is 4. The molecule has 0 bridgehead atoms. The minimum absolute atomic E-state index is 0.476. The van der Waals surface area contributed by atoms with Gasteiger partial charge in [-0.2, -0.15) is 0 Å². The third-order valence-corrected chi connectivity index (χ3v) is 4.85. The number of hydrogen-bond donors (Lipinski definition) is 1. The lowest BCUT2D eigenvalue weighted by molar-refractivity contribution is 0.584. The zero-order valence-corrected chi connectivity index (χ0v) is 15.5. The van der Waals surface area contributed by atoms with Crippen LogP contribution in [-0.4, -0.2) is 25.1 Å². The van der Waals surface area contributed by atoms with Crippen LogP contribution in [0.15, 0.2) is 65.3 Å². The second-order valence-corrected chi connectivity index (χ2v) is 6.76. The van der Waals surface area contributed by atoms with Crippen LogP contribution in [0.25, 0.3) is 45.3 Å². The lowest BCUT2D eigenvalue weighted by Crippen LogP contribution is -1.82. The smallest absolute Gasteiger partial charge is 0.248 e. The highest BCUT2D eigenvalue weighted by Crippen LogP contribution is 2.27. The number of nitrogens with one attached hydrogen (secondary N) is 1. The number of aromatic nitrogens is 5. The molecule has 6 heteroatoms. The molecule has 136 valence electrons. The Bertz CT molecular complexity index is 1230. The van der Waals surface area contributed by atoms with Crippen molar-refractivity contribution in [2.45, 2.75) is 13.8 Å². The molecule has 0 fully saturated rings. The SMILES string of the molecule is Cc1cc2nc(-c3ccc(-c4nnc(-c5ccncc5)o4)cc3)[nH]c2cc1C. The second-order valence-electron chi connectivity index (χ2n) is 6.76. The van der Waals surface area contributed by atoms with Crippen molar-refractivity contribution in [1.29, 1.82) is 0 Å². The van der Waals surface area contributed by atoms with Gasteiger partial charge < -0.3 is 9.40 Å². The van der Waals surface area contributed by atoms with Gasteiger partial charge in [0.1, 0.15) is 5.82 Å². The van der Waals surface area contributed by atoms with Crippen molar-refractivity contribution >= 4 is 11.0 Å². The van der Waals surface area contributed by atoms with E-state index in [9.17, 15) is 0 Å². The van der Waals surface area contributed by atoms with Gasteiger partial charge in [0.25, 0.3) is 0 Å². The summed E-state index contributed by atoms with van der Waals surface area (Å²) in [6.07, 6.45) is 3.40. The first-order chi connectivity index (χ1) is 13.7. The summed E-state index contributed by atoms with van der Waals surface area (Å²) in [7, 11) is 0. The highest BCUT2D eigenvalue weighted by molar-refractivity contribution is 5.81. The molecular weight excluding hydrogens is 350 g/mol. The molecule has 0 aliphatic carbocycles. The fourth-order valence-corrected chi connectivity index (χ4v) is 3.13. The summed E-state index contributed by atoms with van der Waals surface area (Å²) in [5, 5.41) is 8.28. The molecule has 0 saturated carbocycles. The molecule has 0 amide bonds. The largest absolute Gasteiger partial charge is 0.416 e. The number of benzene rings is 2. The maximum atomic E-state index is 5.80. The number of fused-ring (bicyclic) bond motifs is 1. The summed E-state index contributed by atoms with van der Waals surface area (Å²) in [6.45, 7) is 4.21. The van der Waals surface area contributed by atoms with E-state index in [0.29, 0.717) is 11.8 Å². The highest BCUT2D eigenvalue weighted by Gasteiger charge is 2.12. The molecule has 0 aliphatic rings. The van der Waals surface area contributed by atoms with Crippen molar-refractivity contribution in [3.05, 3.63) is 72.1 Å². The van der Waals surface area contributed by atoms with E-state index in [1.54, 1.807) is 12.4 Å². The first-order valence-corrected chi connectivity index (χ1v) is 8.99. The number of rotatable bonds is 3. The average Bonchev–Trinajstić information content (AvgIpc) is 3.37. The molecule has 0 atom stereocenters. The monoisotopic (exact) mass is 367 g/mol. The van der Waals surface area contributed by atoms with Crippen LogP contribution in [-0.2, 0) is 0 Å². The van der Waals surface area contributed by atoms with E-state index in [2.05, 4.69) is 46.1 Å². The van der Waals surface area contributed by atoms with Gasteiger partial charge in [-0.1, -0.05) is 12.1 Å². The maximum absolute atomic E-state index is 5.80. The van der Waals surface area contributed by atoms with Crippen molar-refractivity contribution in [3.8, 4) is 34.3 Å². The van der Waals surface area contributed by atoms with Crippen LogP contribution in [0.5, 0.6) is 0 Å². The summed E-state index contributed by atoms with van der Waals surface area (Å²) < 4.78 is 5.80. The number of hydrogen-bond acceptors (Lipinski definition) is 5. The second kappa shape index (κ2) is 6.42. The summed E-state index contributed by atoms with van der Waals surface area (Å²) in [5.41, 5.74) is 7.21. The van der Waals surface area contributed by atoms with Crippen LogP contribution in [0.3, 0.4) is 0 Å². The van der Waals surface area contributed by atoms with Gasteiger partial charge in [0.2, 0.25) is 11.8 Å². The molecule has 0 aliphatic heterocycles. The fourth-order valence-electron chi connectivity index (χ4n) is 3.13. The van der Waals surface area contributed by atoms with Crippen molar-refractivity contribution in [2.75, 3.05) is 0 Å². The molecule has 5 aromatic rings. The number of aryl methyl sites for hydroxylation is 2. The van der Waals surface area contributed by atoms with Crippen LogP contribution in [0.4, 0.5) is 0 Å². The maximum Gasteiger partial charge on any atom is 0.248 e. The third kappa shape index (κ3) is 2.85. The van der Waals surface area contributed by atoms with Crippen LogP contribution < -0.4 is 0 Å². The minimum Gasteiger partial charge on any atom is -0.416 e.